The van der Waals surface area contributed by atoms with Crippen LogP contribution >= 0.6 is 15.9 Å². The average Bonchev–Trinajstić information content (AvgIpc) is 2.40. The molecule has 0 aliphatic carbocycles. The van der Waals surface area contributed by atoms with Gasteiger partial charge in [-0.1, -0.05) is 29.8 Å². The van der Waals surface area contributed by atoms with Gasteiger partial charge < -0.3 is 14.8 Å². The van der Waals surface area contributed by atoms with E-state index in [9.17, 15) is 0 Å². The molecule has 1 unspecified atom stereocenters. The van der Waals surface area contributed by atoms with Crippen LogP contribution in [0.2, 0.25) is 0 Å². The minimum atomic E-state index is 0.333. The van der Waals surface area contributed by atoms with Gasteiger partial charge in [-0.05, 0) is 37.1 Å². The second kappa shape index (κ2) is 7.64. The molecule has 0 aliphatic heterocycles. The number of hydrogen-bond donors (Lipinski definition) is 1. The van der Waals surface area contributed by atoms with Gasteiger partial charge in [-0.15, -0.1) is 0 Å². The van der Waals surface area contributed by atoms with Crippen molar-refractivity contribution in [3.8, 4) is 11.5 Å². The number of ether oxygens (including phenoxy) is 2. The Bertz CT molecular complexity index is 382. The third kappa shape index (κ3) is 3.62. The summed E-state index contributed by atoms with van der Waals surface area (Å²) in [5.41, 5.74) is 1.21. The van der Waals surface area contributed by atoms with Gasteiger partial charge in [0.1, 0.15) is 0 Å². The summed E-state index contributed by atoms with van der Waals surface area (Å²) in [7, 11) is 3.31. The lowest BCUT2D eigenvalue weighted by molar-refractivity contribution is 0.353. The zero-order chi connectivity index (χ0) is 13.5. The van der Waals surface area contributed by atoms with E-state index in [1.807, 2.05) is 12.1 Å². The first kappa shape index (κ1) is 15.3. The van der Waals surface area contributed by atoms with Gasteiger partial charge in [0, 0.05) is 10.5 Å². The molecule has 18 heavy (non-hydrogen) atoms. The molecule has 0 spiro atoms. The highest BCUT2D eigenvalue weighted by atomic mass is 79.9. The van der Waals surface area contributed by atoms with E-state index < -0.39 is 0 Å². The van der Waals surface area contributed by atoms with Crippen molar-refractivity contribution in [2.45, 2.75) is 32.7 Å². The van der Waals surface area contributed by atoms with Gasteiger partial charge in [0.25, 0.3) is 0 Å². The molecular weight excluding hydrogens is 294 g/mol. The highest BCUT2D eigenvalue weighted by Gasteiger charge is 2.16. The first-order valence-corrected chi connectivity index (χ1v) is 7.11. The van der Waals surface area contributed by atoms with Gasteiger partial charge in [0.2, 0.25) is 0 Å². The topological polar surface area (TPSA) is 30.5 Å². The quantitative estimate of drug-likeness (QED) is 0.827. The minimum absolute atomic E-state index is 0.333. The normalized spacial score (nSPS) is 12.3. The van der Waals surface area contributed by atoms with Gasteiger partial charge in [-0.3, -0.25) is 0 Å². The Hall–Kier alpha value is -0.740. The van der Waals surface area contributed by atoms with Crippen LogP contribution in [0.15, 0.2) is 16.6 Å². The van der Waals surface area contributed by atoms with Crippen LogP contribution in [-0.2, 0) is 0 Å². The lowest BCUT2D eigenvalue weighted by Crippen LogP contribution is -2.21. The predicted molar refractivity (Wildman–Crippen MR) is 78.6 cm³/mol. The number of hydrogen-bond acceptors (Lipinski definition) is 3. The van der Waals surface area contributed by atoms with Gasteiger partial charge >= 0.3 is 0 Å². The summed E-state index contributed by atoms with van der Waals surface area (Å²) in [5, 5.41) is 3.54. The predicted octanol–water partition coefficient (Wildman–Crippen LogP) is 3.92. The SMILES string of the molecule is CCCNC(CC)c1cc(OC)c(OC)cc1Br. The molecule has 0 amide bonds. The Morgan fingerprint density at radius 2 is 1.78 bits per heavy atom. The minimum Gasteiger partial charge on any atom is -0.493 e. The molecular formula is C14H22BrNO2. The van der Waals surface area contributed by atoms with Gasteiger partial charge in [0.05, 0.1) is 14.2 Å². The van der Waals surface area contributed by atoms with E-state index in [4.69, 9.17) is 9.47 Å². The molecule has 0 saturated carbocycles. The number of benzene rings is 1. The molecule has 1 atom stereocenters. The fraction of sp³-hybridized carbons (Fsp3) is 0.571. The van der Waals surface area contributed by atoms with E-state index in [0.717, 1.165) is 35.4 Å². The maximum atomic E-state index is 5.36. The van der Waals surface area contributed by atoms with Crippen LogP contribution in [-0.4, -0.2) is 20.8 Å². The van der Waals surface area contributed by atoms with Crippen molar-refractivity contribution in [2.75, 3.05) is 20.8 Å². The number of nitrogens with one attached hydrogen (secondary N) is 1. The van der Waals surface area contributed by atoms with Crippen LogP contribution < -0.4 is 14.8 Å². The van der Waals surface area contributed by atoms with E-state index in [2.05, 4.69) is 35.1 Å². The molecule has 0 saturated heterocycles. The largest absolute Gasteiger partial charge is 0.493 e. The standard InChI is InChI=1S/C14H22BrNO2/c1-5-7-16-12(6-2)10-8-13(17-3)14(18-4)9-11(10)15/h8-9,12,16H,5-7H2,1-4H3. The number of rotatable bonds is 7. The Morgan fingerprint density at radius 1 is 1.17 bits per heavy atom. The number of halogens is 1. The van der Waals surface area contributed by atoms with E-state index in [-0.39, 0.29) is 0 Å². The smallest absolute Gasteiger partial charge is 0.161 e. The number of methoxy groups -OCH3 is 2. The zero-order valence-electron chi connectivity index (χ0n) is 11.5. The molecule has 4 heteroatoms. The first-order valence-electron chi connectivity index (χ1n) is 6.32. The fourth-order valence-electron chi connectivity index (χ4n) is 1.93. The molecule has 1 aromatic rings. The van der Waals surface area contributed by atoms with Crippen molar-refractivity contribution in [3.63, 3.8) is 0 Å². The van der Waals surface area contributed by atoms with Crippen molar-refractivity contribution in [2.24, 2.45) is 0 Å². The zero-order valence-corrected chi connectivity index (χ0v) is 13.1. The lowest BCUT2D eigenvalue weighted by Gasteiger charge is -2.20. The molecule has 0 heterocycles. The van der Waals surface area contributed by atoms with Crippen LogP contribution in [0.3, 0.4) is 0 Å². The van der Waals surface area contributed by atoms with Gasteiger partial charge in [-0.2, -0.15) is 0 Å². The highest BCUT2D eigenvalue weighted by molar-refractivity contribution is 9.10. The maximum Gasteiger partial charge on any atom is 0.161 e. The summed E-state index contributed by atoms with van der Waals surface area (Å²) < 4.78 is 11.7. The Kier molecular flexibility index (Phi) is 6.50. The molecule has 3 nitrogen and oxygen atoms in total. The maximum absolute atomic E-state index is 5.36. The summed E-state index contributed by atoms with van der Waals surface area (Å²) in [4.78, 5) is 0. The Morgan fingerprint density at radius 3 is 2.28 bits per heavy atom. The van der Waals surface area contributed by atoms with Crippen molar-refractivity contribution >= 4 is 15.9 Å². The first-order chi connectivity index (χ1) is 8.67. The summed E-state index contributed by atoms with van der Waals surface area (Å²) >= 11 is 3.61. The van der Waals surface area contributed by atoms with E-state index >= 15 is 0 Å². The molecule has 0 bridgehead atoms. The Labute approximate surface area is 118 Å². The summed E-state index contributed by atoms with van der Waals surface area (Å²) in [6, 6.07) is 4.34. The summed E-state index contributed by atoms with van der Waals surface area (Å²) in [5.74, 6) is 1.52. The van der Waals surface area contributed by atoms with Crippen molar-refractivity contribution in [1.82, 2.24) is 5.32 Å². The van der Waals surface area contributed by atoms with Crippen LogP contribution in [0.5, 0.6) is 11.5 Å². The second-order valence-electron chi connectivity index (χ2n) is 4.14. The third-order valence-electron chi connectivity index (χ3n) is 2.93. The Balaban J connectivity index is 3.06. The van der Waals surface area contributed by atoms with Gasteiger partial charge in [0.15, 0.2) is 11.5 Å². The lowest BCUT2D eigenvalue weighted by atomic mass is 10.0. The molecule has 1 N–H and O–H groups in total. The van der Waals surface area contributed by atoms with Crippen LogP contribution in [0, 0.1) is 0 Å². The van der Waals surface area contributed by atoms with E-state index in [1.165, 1.54) is 5.56 Å². The van der Waals surface area contributed by atoms with Crippen LogP contribution in [0.4, 0.5) is 0 Å². The molecule has 0 radical (unpaired) electrons. The summed E-state index contributed by atoms with van der Waals surface area (Å²) in [6.07, 6.45) is 2.16. The van der Waals surface area contributed by atoms with Crippen LogP contribution in [0.25, 0.3) is 0 Å². The fourth-order valence-corrected chi connectivity index (χ4v) is 2.53. The molecule has 102 valence electrons. The van der Waals surface area contributed by atoms with Gasteiger partial charge in [-0.25, -0.2) is 0 Å². The van der Waals surface area contributed by atoms with Crippen molar-refractivity contribution in [1.29, 1.82) is 0 Å². The van der Waals surface area contributed by atoms with Crippen LogP contribution in [0.1, 0.15) is 38.3 Å². The average molecular weight is 316 g/mol. The highest BCUT2D eigenvalue weighted by Crippen LogP contribution is 2.36. The second-order valence-corrected chi connectivity index (χ2v) is 5.00. The van der Waals surface area contributed by atoms with E-state index in [1.54, 1.807) is 14.2 Å². The molecule has 0 fully saturated rings. The van der Waals surface area contributed by atoms with Crippen molar-refractivity contribution < 1.29 is 9.47 Å². The molecule has 0 aliphatic rings. The third-order valence-corrected chi connectivity index (χ3v) is 3.61. The molecule has 0 aromatic heterocycles. The molecule has 1 rings (SSSR count). The monoisotopic (exact) mass is 315 g/mol. The summed E-state index contributed by atoms with van der Waals surface area (Å²) in [6.45, 7) is 5.36. The molecule has 1 aromatic carbocycles. The van der Waals surface area contributed by atoms with E-state index in [0.29, 0.717) is 6.04 Å². The van der Waals surface area contributed by atoms with Crippen molar-refractivity contribution in [3.05, 3.63) is 22.2 Å².